The highest BCUT2D eigenvalue weighted by atomic mass is 16.6. The third-order valence-electron chi connectivity index (χ3n) is 6.88. The molecule has 204 valence electrons. The summed E-state index contributed by atoms with van der Waals surface area (Å²) in [6.45, 7) is 5.22. The van der Waals surface area contributed by atoms with Crippen LogP contribution in [0.4, 0.5) is 0 Å². The zero-order chi connectivity index (χ0) is 29.3. The van der Waals surface area contributed by atoms with E-state index in [2.05, 4.69) is 0 Å². The van der Waals surface area contributed by atoms with Gasteiger partial charge in [-0.2, -0.15) is 10.5 Å². The van der Waals surface area contributed by atoms with E-state index in [0.717, 1.165) is 0 Å². The van der Waals surface area contributed by atoms with Crippen LogP contribution in [0.1, 0.15) is 70.0 Å². The number of rotatable bonds is 5. The van der Waals surface area contributed by atoms with Crippen molar-refractivity contribution < 1.29 is 28.2 Å². The molecule has 1 aromatic heterocycles. The Morgan fingerprint density at radius 3 is 1.98 bits per heavy atom. The van der Waals surface area contributed by atoms with Gasteiger partial charge in [0.15, 0.2) is 17.6 Å². The largest absolute Gasteiger partial charge is 0.483 e. The summed E-state index contributed by atoms with van der Waals surface area (Å²) in [7, 11) is 0. The number of hydrogen-bond acceptors (Lipinski definition) is 9. The Bertz CT molecular complexity index is 1810. The van der Waals surface area contributed by atoms with E-state index in [1.807, 2.05) is 19.1 Å². The van der Waals surface area contributed by atoms with Crippen LogP contribution in [-0.2, 0) is 15.9 Å². The molecule has 1 aliphatic rings. The van der Waals surface area contributed by atoms with E-state index >= 15 is 0 Å². The minimum absolute atomic E-state index is 0.166. The maximum Gasteiger partial charge on any atom is 0.338 e. The van der Waals surface area contributed by atoms with E-state index in [1.165, 1.54) is 54.6 Å². The molecule has 2 atom stereocenters. The molecule has 41 heavy (non-hydrogen) atoms. The van der Waals surface area contributed by atoms with Crippen LogP contribution >= 0.6 is 0 Å². The molecule has 0 unspecified atom stereocenters. The Morgan fingerprint density at radius 2 is 1.44 bits per heavy atom. The van der Waals surface area contributed by atoms with Gasteiger partial charge in [0.05, 0.1) is 45.3 Å². The molecule has 4 aromatic rings. The third-order valence-corrected chi connectivity index (χ3v) is 6.88. The van der Waals surface area contributed by atoms with Gasteiger partial charge in [-0.05, 0) is 74.5 Å². The Hall–Kier alpha value is -5.41. The van der Waals surface area contributed by atoms with Crippen molar-refractivity contribution >= 4 is 22.9 Å². The topological polar surface area (TPSA) is 140 Å². The summed E-state index contributed by atoms with van der Waals surface area (Å²) in [5, 5.41) is 18.5. The monoisotopic (exact) mass is 548 g/mol. The molecular weight excluding hydrogens is 524 g/mol. The summed E-state index contributed by atoms with van der Waals surface area (Å²) in [6.07, 6.45) is -1.98. The molecule has 9 heteroatoms. The molecule has 0 saturated carbocycles. The third kappa shape index (κ3) is 5.13. The van der Waals surface area contributed by atoms with Gasteiger partial charge in [-0.3, -0.25) is 4.79 Å². The number of esters is 2. The van der Waals surface area contributed by atoms with Crippen molar-refractivity contribution in [1.29, 1.82) is 10.5 Å². The SMILES string of the molecule is CCc1cc(=O)c2ccc3c(c2o1)[C@@H](OC(=O)c1ccc(C#N)cc1)[C@@H](OC(=O)c1ccc(C#N)cc1)C(C)(C)O3. The summed E-state index contributed by atoms with van der Waals surface area (Å²) in [5.74, 6) is -0.741. The lowest BCUT2D eigenvalue weighted by molar-refractivity contribution is -0.122. The zero-order valence-corrected chi connectivity index (χ0v) is 22.5. The lowest BCUT2D eigenvalue weighted by Crippen LogP contribution is -2.52. The van der Waals surface area contributed by atoms with Crippen LogP contribution < -0.4 is 10.2 Å². The number of fused-ring (bicyclic) bond motifs is 3. The second-order valence-electron chi connectivity index (χ2n) is 10.0. The van der Waals surface area contributed by atoms with Crippen molar-refractivity contribution in [2.45, 2.75) is 45.0 Å². The van der Waals surface area contributed by atoms with Crippen molar-refractivity contribution in [2.75, 3.05) is 0 Å². The first-order chi connectivity index (χ1) is 19.6. The lowest BCUT2D eigenvalue weighted by atomic mass is 9.87. The van der Waals surface area contributed by atoms with Gasteiger partial charge in [0.1, 0.15) is 22.7 Å². The maximum atomic E-state index is 13.4. The average Bonchev–Trinajstić information content (AvgIpc) is 2.98. The first kappa shape index (κ1) is 27.2. The second-order valence-corrected chi connectivity index (χ2v) is 10.0. The summed E-state index contributed by atoms with van der Waals surface area (Å²) >= 11 is 0. The van der Waals surface area contributed by atoms with Crippen molar-refractivity contribution in [3.05, 3.63) is 111 Å². The molecule has 0 radical (unpaired) electrons. The van der Waals surface area contributed by atoms with Crippen LogP contribution in [0.15, 0.2) is 75.9 Å². The van der Waals surface area contributed by atoms with E-state index < -0.39 is 29.7 Å². The molecule has 9 nitrogen and oxygen atoms in total. The van der Waals surface area contributed by atoms with Gasteiger partial charge in [0, 0.05) is 12.5 Å². The van der Waals surface area contributed by atoms with E-state index in [0.29, 0.717) is 29.1 Å². The van der Waals surface area contributed by atoms with Crippen molar-refractivity contribution in [3.8, 4) is 17.9 Å². The predicted molar refractivity (Wildman–Crippen MR) is 146 cm³/mol. The zero-order valence-electron chi connectivity index (χ0n) is 22.5. The number of carbonyl (C=O) groups excluding carboxylic acids is 2. The molecule has 0 bridgehead atoms. The molecule has 0 N–H and O–H groups in total. The van der Waals surface area contributed by atoms with Crippen LogP contribution in [0.3, 0.4) is 0 Å². The number of ether oxygens (including phenoxy) is 3. The molecule has 0 saturated heterocycles. The highest BCUT2D eigenvalue weighted by Crippen LogP contribution is 2.47. The summed E-state index contributed by atoms with van der Waals surface area (Å²) in [5.41, 5.74) is 0.0458. The van der Waals surface area contributed by atoms with E-state index in [-0.39, 0.29) is 33.1 Å². The number of benzene rings is 3. The molecule has 0 aliphatic carbocycles. The van der Waals surface area contributed by atoms with Gasteiger partial charge in [0.25, 0.3) is 0 Å². The number of carbonyl (C=O) groups is 2. The summed E-state index contributed by atoms with van der Waals surface area (Å²) < 4.78 is 24.3. The average molecular weight is 549 g/mol. The summed E-state index contributed by atoms with van der Waals surface area (Å²) in [4.78, 5) is 39.7. The van der Waals surface area contributed by atoms with Gasteiger partial charge >= 0.3 is 11.9 Å². The Kier molecular flexibility index (Phi) is 7.04. The predicted octanol–water partition coefficient (Wildman–Crippen LogP) is 5.39. The molecule has 0 fully saturated rings. The van der Waals surface area contributed by atoms with Gasteiger partial charge in [-0.1, -0.05) is 6.92 Å². The Balaban J connectivity index is 1.64. The first-order valence-electron chi connectivity index (χ1n) is 12.9. The fourth-order valence-corrected chi connectivity index (χ4v) is 4.71. The van der Waals surface area contributed by atoms with Gasteiger partial charge < -0.3 is 18.6 Å². The van der Waals surface area contributed by atoms with E-state index in [1.54, 1.807) is 26.0 Å². The van der Waals surface area contributed by atoms with Crippen molar-refractivity contribution in [1.82, 2.24) is 0 Å². The normalized spacial score (nSPS) is 16.9. The molecule has 0 spiro atoms. The molecule has 2 heterocycles. The van der Waals surface area contributed by atoms with E-state index in [9.17, 15) is 14.4 Å². The Morgan fingerprint density at radius 1 is 0.878 bits per heavy atom. The number of aryl methyl sites for hydroxylation is 1. The number of nitriles is 2. The first-order valence-corrected chi connectivity index (χ1v) is 12.9. The summed E-state index contributed by atoms with van der Waals surface area (Å²) in [6, 6.07) is 20.4. The van der Waals surface area contributed by atoms with Gasteiger partial charge in [-0.15, -0.1) is 0 Å². The van der Waals surface area contributed by atoms with E-state index in [4.69, 9.17) is 29.2 Å². The molecular formula is C32H24N2O7. The van der Waals surface area contributed by atoms with Gasteiger partial charge in [0.2, 0.25) is 0 Å². The molecule has 0 amide bonds. The fourth-order valence-electron chi connectivity index (χ4n) is 4.71. The van der Waals surface area contributed by atoms with Gasteiger partial charge in [-0.25, -0.2) is 9.59 Å². The highest BCUT2D eigenvalue weighted by molar-refractivity contribution is 5.91. The minimum Gasteiger partial charge on any atom is -0.483 e. The second kappa shape index (κ2) is 10.6. The van der Waals surface area contributed by atoms with Crippen LogP contribution in [0.25, 0.3) is 11.0 Å². The van der Waals surface area contributed by atoms with Crippen LogP contribution in [0.5, 0.6) is 5.75 Å². The number of hydrogen-bond donors (Lipinski definition) is 0. The van der Waals surface area contributed by atoms with Crippen LogP contribution in [0.2, 0.25) is 0 Å². The van der Waals surface area contributed by atoms with Crippen LogP contribution in [0, 0.1) is 22.7 Å². The Labute approximate surface area is 235 Å². The molecule has 1 aliphatic heterocycles. The van der Waals surface area contributed by atoms with Crippen molar-refractivity contribution in [3.63, 3.8) is 0 Å². The smallest absolute Gasteiger partial charge is 0.338 e. The standard InChI is InChI=1S/C32H24N2O7/c1-4-22-15-24(35)23-13-14-25-26(27(23)38-22)28(39-30(36)20-9-5-18(16-33)6-10-20)29(32(2,3)41-25)40-31(37)21-11-7-19(17-34)8-12-21/h5-15,28-29H,4H2,1-3H3/t28-,29-/m1/s1. The number of nitrogens with zero attached hydrogens (tertiary/aromatic N) is 2. The fraction of sp³-hybridized carbons (Fsp3) is 0.219. The quantitative estimate of drug-likeness (QED) is 0.300. The lowest BCUT2D eigenvalue weighted by Gasteiger charge is -2.43. The molecule has 3 aromatic carbocycles. The minimum atomic E-state index is -1.24. The molecule has 5 rings (SSSR count). The van der Waals surface area contributed by atoms with Crippen molar-refractivity contribution in [2.24, 2.45) is 0 Å². The maximum absolute atomic E-state index is 13.4. The highest BCUT2D eigenvalue weighted by Gasteiger charge is 2.50. The van der Waals surface area contributed by atoms with Crippen LogP contribution in [-0.4, -0.2) is 23.6 Å².